The van der Waals surface area contributed by atoms with Crippen LogP contribution < -0.4 is 0 Å². The first kappa shape index (κ1) is 4.73. The lowest BCUT2D eigenvalue weighted by Crippen LogP contribution is -2.37. The molecule has 2 saturated carbocycles. The van der Waals surface area contributed by atoms with Crippen molar-refractivity contribution in [3.8, 4) is 0 Å². The maximum atomic E-state index is 5.76. The zero-order chi connectivity index (χ0) is 5.95. The van der Waals surface area contributed by atoms with Crippen LogP contribution in [0.1, 0.15) is 38.5 Å². The van der Waals surface area contributed by atoms with E-state index in [2.05, 4.69) is 0 Å². The average molecular weight is 124 g/mol. The molecule has 0 aromatic rings. The van der Waals surface area contributed by atoms with Gasteiger partial charge in [0, 0.05) is 0 Å². The quantitative estimate of drug-likeness (QED) is 0.449. The smallest absolute Gasteiger partial charge is 0.0980 e. The summed E-state index contributed by atoms with van der Waals surface area (Å²) in [6, 6.07) is 0. The molecule has 3 rings (SSSR count). The van der Waals surface area contributed by atoms with Gasteiger partial charge in [-0.2, -0.15) is 0 Å². The highest BCUT2D eigenvalue weighted by Gasteiger charge is 2.73. The lowest BCUT2D eigenvalue weighted by Gasteiger charge is -2.32. The van der Waals surface area contributed by atoms with Crippen molar-refractivity contribution in [2.45, 2.75) is 49.7 Å². The Morgan fingerprint density at radius 3 is 1.33 bits per heavy atom. The van der Waals surface area contributed by atoms with Crippen LogP contribution in [0.15, 0.2) is 0 Å². The Balaban J connectivity index is 1.85. The van der Waals surface area contributed by atoms with Gasteiger partial charge in [-0.15, -0.1) is 0 Å². The lowest BCUT2D eigenvalue weighted by atomic mass is 9.67. The van der Waals surface area contributed by atoms with Gasteiger partial charge in [0.2, 0.25) is 0 Å². The van der Waals surface area contributed by atoms with E-state index in [9.17, 15) is 0 Å². The van der Waals surface area contributed by atoms with Crippen LogP contribution >= 0.6 is 0 Å². The van der Waals surface area contributed by atoms with Crippen LogP contribution in [0.4, 0.5) is 0 Å². The van der Waals surface area contributed by atoms with Crippen molar-refractivity contribution in [3.05, 3.63) is 0 Å². The Labute approximate surface area is 55.4 Å². The van der Waals surface area contributed by atoms with Gasteiger partial charge in [-0.05, 0) is 38.5 Å². The highest BCUT2D eigenvalue weighted by molar-refractivity contribution is 5.23. The second-order valence-corrected chi connectivity index (χ2v) is 3.80. The number of epoxide rings is 1. The topological polar surface area (TPSA) is 12.5 Å². The Bertz CT molecular complexity index is 136. The third-order valence-electron chi connectivity index (χ3n) is 3.50. The third kappa shape index (κ3) is 0.337. The normalized spacial score (nSPS) is 40.0. The van der Waals surface area contributed by atoms with E-state index < -0.39 is 0 Å². The predicted molar refractivity (Wildman–Crippen MR) is 34.2 cm³/mol. The van der Waals surface area contributed by atoms with Crippen molar-refractivity contribution in [1.82, 2.24) is 0 Å². The SMILES string of the molecule is C1CC2(C1)OC21CCC1. The largest absolute Gasteiger partial charge is 0.363 e. The summed E-state index contributed by atoms with van der Waals surface area (Å²) < 4.78 is 5.76. The Kier molecular flexibility index (Phi) is 0.563. The minimum Gasteiger partial charge on any atom is -0.363 e. The second-order valence-electron chi connectivity index (χ2n) is 3.80. The van der Waals surface area contributed by atoms with Crippen LogP contribution in [-0.2, 0) is 4.74 Å². The summed E-state index contributed by atoms with van der Waals surface area (Å²) >= 11 is 0. The fourth-order valence-electron chi connectivity index (χ4n) is 2.46. The first-order valence-corrected chi connectivity index (χ1v) is 4.07. The zero-order valence-electron chi connectivity index (χ0n) is 5.65. The molecule has 0 aromatic heterocycles. The van der Waals surface area contributed by atoms with E-state index in [1.807, 2.05) is 0 Å². The summed E-state index contributed by atoms with van der Waals surface area (Å²) in [5.74, 6) is 0. The van der Waals surface area contributed by atoms with Gasteiger partial charge in [-0.25, -0.2) is 0 Å². The molecule has 0 bridgehead atoms. The van der Waals surface area contributed by atoms with Crippen LogP contribution in [0.25, 0.3) is 0 Å². The molecule has 0 N–H and O–H groups in total. The number of rotatable bonds is 0. The lowest BCUT2D eigenvalue weighted by molar-refractivity contribution is 0.175. The van der Waals surface area contributed by atoms with Crippen molar-refractivity contribution < 1.29 is 4.74 Å². The van der Waals surface area contributed by atoms with E-state index in [0.29, 0.717) is 11.2 Å². The number of hydrogen-bond donors (Lipinski definition) is 0. The molecule has 3 aliphatic rings. The molecule has 2 aliphatic carbocycles. The molecule has 0 amide bonds. The maximum absolute atomic E-state index is 5.76. The Morgan fingerprint density at radius 2 is 1.22 bits per heavy atom. The summed E-state index contributed by atoms with van der Waals surface area (Å²) in [5, 5.41) is 0. The van der Waals surface area contributed by atoms with Crippen LogP contribution in [-0.4, -0.2) is 11.2 Å². The molecule has 0 unspecified atom stereocenters. The number of ether oxygens (including phenoxy) is 1. The van der Waals surface area contributed by atoms with Gasteiger partial charge in [-0.1, -0.05) is 0 Å². The monoisotopic (exact) mass is 124 g/mol. The summed E-state index contributed by atoms with van der Waals surface area (Å²) in [6.07, 6.45) is 8.31. The van der Waals surface area contributed by atoms with Gasteiger partial charge in [-0.3, -0.25) is 0 Å². The molecule has 0 radical (unpaired) electrons. The molecule has 1 heterocycles. The molecule has 1 aliphatic heterocycles. The maximum Gasteiger partial charge on any atom is 0.0980 e. The molecular weight excluding hydrogens is 112 g/mol. The summed E-state index contributed by atoms with van der Waals surface area (Å²) in [4.78, 5) is 0. The van der Waals surface area contributed by atoms with E-state index >= 15 is 0 Å². The molecule has 50 valence electrons. The average Bonchev–Trinajstić information content (AvgIpc) is 2.28. The van der Waals surface area contributed by atoms with Crippen LogP contribution in [0, 0.1) is 0 Å². The molecule has 2 spiro atoms. The van der Waals surface area contributed by atoms with Gasteiger partial charge in [0.1, 0.15) is 0 Å². The highest BCUT2D eigenvalue weighted by Crippen LogP contribution is 2.68. The molecular formula is C8H12O. The predicted octanol–water partition coefficient (Wildman–Crippen LogP) is 1.86. The molecule has 1 saturated heterocycles. The summed E-state index contributed by atoms with van der Waals surface area (Å²) in [7, 11) is 0. The van der Waals surface area contributed by atoms with E-state index in [0.717, 1.165) is 0 Å². The van der Waals surface area contributed by atoms with E-state index in [4.69, 9.17) is 4.74 Å². The van der Waals surface area contributed by atoms with Crippen LogP contribution in [0.2, 0.25) is 0 Å². The van der Waals surface area contributed by atoms with E-state index in [1.54, 1.807) is 0 Å². The first-order valence-electron chi connectivity index (χ1n) is 4.07. The molecule has 9 heavy (non-hydrogen) atoms. The van der Waals surface area contributed by atoms with E-state index in [1.165, 1.54) is 38.5 Å². The van der Waals surface area contributed by atoms with Crippen molar-refractivity contribution in [1.29, 1.82) is 0 Å². The van der Waals surface area contributed by atoms with Crippen molar-refractivity contribution in [2.75, 3.05) is 0 Å². The zero-order valence-corrected chi connectivity index (χ0v) is 5.65. The molecule has 0 aromatic carbocycles. The molecule has 0 atom stereocenters. The van der Waals surface area contributed by atoms with Gasteiger partial charge in [0.05, 0.1) is 11.2 Å². The molecule has 1 heteroatoms. The standard InChI is InChI=1S/C8H12O/c1-3-7(4-1)8(9-7)5-2-6-8/h1-6H2. The van der Waals surface area contributed by atoms with Crippen LogP contribution in [0.3, 0.4) is 0 Å². The second kappa shape index (κ2) is 1.07. The van der Waals surface area contributed by atoms with Crippen molar-refractivity contribution in [3.63, 3.8) is 0 Å². The Morgan fingerprint density at radius 1 is 0.778 bits per heavy atom. The fraction of sp³-hybridized carbons (Fsp3) is 1.00. The van der Waals surface area contributed by atoms with E-state index in [-0.39, 0.29) is 0 Å². The minimum atomic E-state index is 0.464. The first-order chi connectivity index (χ1) is 4.37. The minimum absolute atomic E-state index is 0.464. The third-order valence-corrected chi connectivity index (χ3v) is 3.50. The molecule has 1 nitrogen and oxygen atoms in total. The van der Waals surface area contributed by atoms with Crippen molar-refractivity contribution in [2.24, 2.45) is 0 Å². The van der Waals surface area contributed by atoms with Gasteiger partial charge < -0.3 is 4.74 Å². The van der Waals surface area contributed by atoms with Gasteiger partial charge >= 0.3 is 0 Å². The summed E-state index contributed by atoms with van der Waals surface area (Å²) in [6.45, 7) is 0. The number of hydrogen-bond acceptors (Lipinski definition) is 1. The fourth-order valence-corrected chi connectivity index (χ4v) is 2.46. The van der Waals surface area contributed by atoms with Crippen LogP contribution in [0.5, 0.6) is 0 Å². The van der Waals surface area contributed by atoms with Crippen molar-refractivity contribution >= 4 is 0 Å². The number of fused-ring (bicyclic) bond motifs is 1. The van der Waals surface area contributed by atoms with Gasteiger partial charge in [0.25, 0.3) is 0 Å². The molecule has 3 fully saturated rings. The highest BCUT2D eigenvalue weighted by atomic mass is 16.6. The summed E-state index contributed by atoms with van der Waals surface area (Å²) in [5.41, 5.74) is 0.927. The Hall–Kier alpha value is -0.0400. The van der Waals surface area contributed by atoms with Gasteiger partial charge in [0.15, 0.2) is 0 Å².